The maximum absolute atomic E-state index is 12.9. The summed E-state index contributed by atoms with van der Waals surface area (Å²) in [4.78, 5) is 28.6. The molecule has 3 aromatic rings. The predicted octanol–water partition coefficient (Wildman–Crippen LogP) is 3.68. The van der Waals surface area contributed by atoms with Gasteiger partial charge in [0.2, 0.25) is 11.1 Å². The van der Waals surface area contributed by atoms with Gasteiger partial charge in [-0.2, -0.15) is 18.2 Å². The number of halogens is 3. The molecule has 2 aromatic heterocycles. The molecule has 0 unspecified atom stereocenters. The van der Waals surface area contributed by atoms with Crippen molar-refractivity contribution in [2.75, 3.05) is 12.3 Å². The molecular weight excluding hydrogens is 365 g/mol. The highest BCUT2D eigenvalue weighted by molar-refractivity contribution is 5.99. The van der Waals surface area contributed by atoms with E-state index < -0.39 is 23.1 Å². The number of ether oxygens (including phenoxy) is 1. The van der Waals surface area contributed by atoms with Crippen molar-refractivity contribution in [3.05, 3.63) is 52.2 Å². The zero-order chi connectivity index (χ0) is 19.9. The van der Waals surface area contributed by atoms with Crippen molar-refractivity contribution in [3.63, 3.8) is 0 Å². The Morgan fingerprint density at radius 3 is 2.63 bits per heavy atom. The number of carbonyl (C=O) groups is 1. The van der Waals surface area contributed by atoms with Gasteiger partial charge in [-0.25, -0.2) is 4.79 Å². The lowest BCUT2D eigenvalue weighted by Gasteiger charge is -2.11. The number of allylic oxidation sites excluding steroid dienone is 1. The van der Waals surface area contributed by atoms with Gasteiger partial charge in [-0.15, -0.1) is 0 Å². The largest absolute Gasteiger partial charge is 0.462 e. The van der Waals surface area contributed by atoms with Crippen molar-refractivity contribution < 1.29 is 27.1 Å². The molecule has 1 aromatic carbocycles. The third-order valence-electron chi connectivity index (χ3n) is 3.88. The minimum Gasteiger partial charge on any atom is -0.462 e. The van der Waals surface area contributed by atoms with Crippen LogP contribution in [0.1, 0.15) is 22.8 Å². The zero-order valence-electron chi connectivity index (χ0n) is 14.0. The van der Waals surface area contributed by atoms with Crippen LogP contribution in [-0.4, -0.2) is 23.7 Å². The van der Waals surface area contributed by atoms with Crippen molar-refractivity contribution in [1.29, 1.82) is 0 Å². The van der Waals surface area contributed by atoms with E-state index in [1.54, 1.807) is 6.92 Å². The van der Waals surface area contributed by atoms with E-state index in [-0.39, 0.29) is 45.6 Å². The second kappa shape index (κ2) is 6.42. The number of fused-ring (bicyclic) bond motifs is 2. The number of hydrogen-bond donors (Lipinski definition) is 1. The van der Waals surface area contributed by atoms with E-state index in [1.165, 1.54) is 6.07 Å². The number of benzene rings is 1. The van der Waals surface area contributed by atoms with E-state index >= 15 is 0 Å². The number of nitrogen functional groups attached to an aromatic ring is 1. The van der Waals surface area contributed by atoms with E-state index in [2.05, 4.69) is 11.6 Å². The molecule has 0 aliphatic carbocycles. The minimum absolute atomic E-state index is 0.0296. The molecule has 0 fully saturated rings. The molecule has 2 N–H and O–H groups in total. The highest BCUT2D eigenvalue weighted by Gasteiger charge is 2.33. The van der Waals surface area contributed by atoms with Gasteiger partial charge in [-0.3, -0.25) is 4.79 Å². The molecule has 0 atom stereocenters. The Balaban J connectivity index is 2.27. The summed E-state index contributed by atoms with van der Waals surface area (Å²) in [5, 5.41) is -0.207. The molecule has 0 spiro atoms. The molecule has 0 aliphatic heterocycles. The van der Waals surface area contributed by atoms with Gasteiger partial charge in [0.05, 0.1) is 23.0 Å². The maximum Gasteiger partial charge on any atom is 0.416 e. The monoisotopic (exact) mass is 378 g/mol. The number of carbonyl (C=O) groups excluding carboxylic acids is 1. The molecule has 0 saturated heterocycles. The number of aromatic nitrogens is 1. The molecule has 6 nitrogen and oxygen atoms in total. The van der Waals surface area contributed by atoms with E-state index in [1.807, 2.05) is 0 Å². The van der Waals surface area contributed by atoms with Crippen LogP contribution in [0.3, 0.4) is 0 Å². The van der Waals surface area contributed by atoms with Crippen LogP contribution in [-0.2, 0) is 4.74 Å². The highest BCUT2D eigenvalue weighted by atomic mass is 19.4. The quantitative estimate of drug-likeness (QED) is 0.552. The summed E-state index contributed by atoms with van der Waals surface area (Å²) in [6, 6.07) is 4.56. The average Bonchev–Trinajstić information content (AvgIpc) is 2.60. The summed E-state index contributed by atoms with van der Waals surface area (Å²) < 4.78 is 48.9. The van der Waals surface area contributed by atoms with E-state index in [0.717, 1.165) is 18.2 Å². The summed E-state index contributed by atoms with van der Waals surface area (Å²) in [5.41, 5.74) is 3.46. The standard InChI is InChI=1S/C18H13F3N2O4/c1-3-26-17(25)12-7-11-14(24)10-6-9(8(2)18(19,20)21)4-5-13(10)27-16(11)23-15(12)22/h4-7H,2-3H2,1H3,(H2,22,23). The maximum atomic E-state index is 12.9. The molecule has 9 heteroatoms. The number of rotatable bonds is 3. The second-order valence-corrected chi connectivity index (χ2v) is 5.61. The van der Waals surface area contributed by atoms with Crippen LogP contribution in [0.4, 0.5) is 19.0 Å². The van der Waals surface area contributed by atoms with Crippen LogP contribution < -0.4 is 11.2 Å². The van der Waals surface area contributed by atoms with Crippen molar-refractivity contribution in [3.8, 4) is 0 Å². The van der Waals surface area contributed by atoms with Crippen LogP contribution in [0.5, 0.6) is 0 Å². The summed E-state index contributed by atoms with van der Waals surface area (Å²) in [5.74, 6) is -0.964. The van der Waals surface area contributed by atoms with E-state index in [0.29, 0.717) is 0 Å². The lowest BCUT2D eigenvalue weighted by Crippen LogP contribution is -2.13. The first-order valence-corrected chi connectivity index (χ1v) is 7.74. The normalized spacial score (nSPS) is 11.7. The molecule has 0 radical (unpaired) electrons. The summed E-state index contributed by atoms with van der Waals surface area (Å²) >= 11 is 0. The van der Waals surface area contributed by atoms with Crippen LogP contribution in [0.25, 0.3) is 27.6 Å². The molecule has 0 aliphatic rings. The SMILES string of the molecule is C=C(c1ccc2oc3nc(N)c(C(=O)OCC)cc3c(=O)c2c1)C(F)(F)F. The fourth-order valence-corrected chi connectivity index (χ4v) is 2.52. The fourth-order valence-electron chi connectivity index (χ4n) is 2.52. The Bertz CT molecular complexity index is 1150. The molecule has 140 valence electrons. The minimum atomic E-state index is -4.64. The predicted molar refractivity (Wildman–Crippen MR) is 93.2 cm³/mol. The molecule has 27 heavy (non-hydrogen) atoms. The molecule has 0 bridgehead atoms. The van der Waals surface area contributed by atoms with Gasteiger partial charge in [-0.05, 0) is 30.7 Å². The lowest BCUT2D eigenvalue weighted by molar-refractivity contribution is -0.0686. The van der Waals surface area contributed by atoms with Gasteiger partial charge < -0.3 is 14.9 Å². The van der Waals surface area contributed by atoms with Gasteiger partial charge in [0.25, 0.3) is 0 Å². The first-order valence-electron chi connectivity index (χ1n) is 7.74. The average molecular weight is 378 g/mol. The van der Waals surface area contributed by atoms with Crippen LogP contribution in [0.15, 0.2) is 40.1 Å². The molecule has 0 saturated carbocycles. The fraction of sp³-hybridized carbons (Fsp3) is 0.167. The topological polar surface area (TPSA) is 95.4 Å². The van der Waals surface area contributed by atoms with E-state index in [9.17, 15) is 22.8 Å². The van der Waals surface area contributed by atoms with Crippen molar-refractivity contribution in [1.82, 2.24) is 4.98 Å². The molecule has 2 heterocycles. The first kappa shape index (κ1) is 18.4. The molecule has 3 rings (SSSR count). The number of hydrogen-bond acceptors (Lipinski definition) is 6. The van der Waals surface area contributed by atoms with Gasteiger partial charge >= 0.3 is 12.1 Å². The van der Waals surface area contributed by atoms with Gasteiger partial charge in [-0.1, -0.05) is 12.6 Å². The number of nitrogens with two attached hydrogens (primary N) is 1. The van der Waals surface area contributed by atoms with Crippen LogP contribution >= 0.6 is 0 Å². The Hall–Kier alpha value is -3.36. The smallest absolute Gasteiger partial charge is 0.416 e. The van der Waals surface area contributed by atoms with Gasteiger partial charge in [0, 0.05) is 0 Å². The molecular formula is C18H13F3N2O4. The third kappa shape index (κ3) is 3.23. The number of nitrogens with zero attached hydrogens (tertiary/aromatic N) is 1. The summed E-state index contributed by atoms with van der Waals surface area (Å²) in [6.45, 7) is 4.70. The van der Waals surface area contributed by atoms with E-state index in [4.69, 9.17) is 14.9 Å². The third-order valence-corrected chi connectivity index (χ3v) is 3.88. The first-order chi connectivity index (χ1) is 12.6. The number of esters is 1. The second-order valence-electron chi connectivity index (χ2n) is 5.61. The van der Waals surface area contributed by atoms with Crippen molar-refractivity contribution in [2.24, 2.45) is 0 Å². The Morgan fingerprint density at radius 1 is 1.30 bits per heavy atom. The van der Waals surface area contributed by atoms with Crippen molar-refractivity contribution in [2.45, 2.75) is 13.1 Å². The summed E-state index contributed by atoms with van der Waals surface area (Å²) in [6.07, 6.45) is -4.64. The number of alkyl halides is 3. The Morgan fingerprint density at radius 2 is 2.00 bits per heavy atom. The number of pyridine rings is 1. The van der Waals surface area contributed by atoms with Crippen LogP contribution in [0, 0.1) is 0 Å². The zero-order valence-corrected chi connectivity index (χ0v) is 14.0. The number of anilines is 1. The Kier molecular flexibility index (Phi) is 4.38. The Labute approximate surface area is 150 Å². The van der Waals surface area contributed by atoms with Gasteiger partial charge in [0.15, 0.2) is 0 Å². The van der Waals surface area contributed by atoms with Crippen molar-refractivity contribution >= 4 is 39.4 Å². The highest BCUT2D eigenvalue weighted by Crippen LogP contribution is 2.33. The molecule has 0 amide bonds. The lowest BCUT2D eigenvalue weighted by atomic mass is 10.0. The van der Waals surface area contributed by atoms with Gasteiger partial charge in [0.1, 0.15) is 17.0 Å². The van der Waals surface area contributed by atoms with Crippen LogP contribution in [0.2, 0.25) is 0 Å². The summed E-state index contributed by atoms with van der Waals surface area (Å²) in [7, 11) is 0.